The molecule has 0 saturated carbocycles. The Hall–Kier alpha value is -1.24. The van der Waals surface area contributed by atoms with E-state index in [1.165, 1.54) is 70.6 Å². The minimum Gasteiger partial charge on any atom is -0.494 e. The third kappa shape index (κ3) is 20.4. The van der Waals surface area contributed by atoms with Crippen molar-refractivity contribution in [2.45, 2.75) is 103 Å². The second-order valence-electron chi connectivity index (χ2n) is 9.96. The summed E-state index contributed by atoms with van der Waals surface area (Å²) in [6, 6.07) is 7.83. The molecule has 0 aromatic heterocycles. The van der Waals surface area contributed by atoms with Crippen LogP contribution in [0.5, 0.6) is 5.75 Å². The van der Waals surface area contributed by atoms with Gasteiger partial charge in [0.2, 0.25) is 0 Å². The molecular weight excluding hydrogens is 489 g/mol. The van der Waals surface area contributed by atoms with Crippen LogP contribution in [-0.4, -0.2) is 62.8 Å². The van der Waals surface area contributed by atoms with Crippen molar-refractivity contribution in [2.24, 2.45) is 0 Å². The van der Waals surface area contributed by atoms with Crippen LogP contribution in [0.25, 0.3) is 0 Å². The van der Waals surface area contributed by atoms with Crippen molar-refractivity contribution in [3.63, 3.8) is 0 Å². The van der Waals surface area contributed by atoms with Crippen LogP contribution in [0.15, 0.2) is 24.3 Å². The van der Waals surface area contributed by atoms with Crippen molar-refractivity contribution in [3.05, 3.63) is 29.8 Å². The smallest absolute Gasteiger partial charge is 0.329 e. The highest BCUT2D eigenvalue weighted by Gasteiger charge is 2.15. The zero-order valence-electron chi connectivity index (χ0n) is 23.6. The number of hydrogen-bond donors (Lipinski definition) is 1. The quantitative estimate of drug-likeness (QED) is 0.0764. The molecule has 7 nitrogen and oxygen atoms in total. The van der Waals surface area contributed by atoms with Gasteiger partial charge in [0.25, 0.3) is 6.47 Å². The number of carbonyl (C=O) groups excluding carboxylic acids is 1. The highest BCUT2D eigenvalue weighted by atomic mass is 31.2. The monoisotopic (exact) mass is 541 g/mol. The first-order valence-electron chi connectivity index (χ1n) is 14.3. The Morgan fingerprint density at radius 1 is 0.838 bits per heavy atom. The van der Waals surface area contributed by atoms with Crippen LogP contribution in [-0.2, 0) is 25.0 Å². The molecule has 0 bridgehead atoms. The Kier molecular flexibility index (Phi) is 21.8. The fourth-order valence-corrected chi connectivity index (χ4v) is 4.70. The van der Waals surface area contributed by atoms with E-state index in [2.05, 4.69) is 6.92 Å². The van der Waals surface area contributed by atoms with Crippen LogP contribution in [0, 0.1) is 0 Å². The molecule has 0 fully saturated rings. The van der Waals surface area contributed by atoms with E-state index in [0.29, 0.717) is 19.5 Å². The van der Waals surface area contributed by atoms with Crippen LogP contribution < -0.4 is 4.74 Å². The molecule has 0 aliphatic rings. The van der Waals surface area contributed by atoms with Crippen molar-refractivity contribution in [1.29, 1.82) is 0 Å². The molecule has 0 aliphatic carbocycles. The van der Waals surface area contributed by atoms with Gasteiger partial charge in [0, 0.05) is 6.42 Å². The van der Waals surface area contributed by atoms with Gasteiger partial charge in [-0.3, -0.25) is 4.79 Å². The highest BCUT2D eigenvalue weighted by molar-refractivity contribution is 7.40. The summed E-state index contributed by atoms with van der Waals surface area (Å²) in [5, 5.41) is 0. The standard InChI is InChI=1S/C29H52NO6P/c1-4-5-6-7-8-9-10-11-12-13-14-15-22-33-28-19-17-27(18-20-28)24-29(34-26-31)25-36-37(32)35-23-16-21-30(2)3/h17-20,26,29,32H,4-16,21-25H2,1-3H3. The Balaban J connectivity index is 2.14. The van der Waals surface area contributed by atoms with Crippen LogP contribution in [0.3, 0.4) is 0 Å². The van der Waals surface area contributed by atoms with Crippen molar-refractivity contribution in [1.82, 2.24) is 4.90 Å². The van der Waals surface area contributed by atoms with Gasteiger partial charge in [0.1, 0.15) is 11.9 Å². The number of nitrogens with zero attached hydrogens (tertiary/aromatic N) is 1. The Bertz CT molecular complexity index is 646. The lowest BCUT2D eigenvalue weighted by molar-refractivity contribution is -0.135. The van der Waals surface area contributed by atoms with E-state index in [1.807, 2.05) is 43.3 Å². The summed E-state index contributed by atoms with van der Waals surface area (Å²) in [6.45, 7) is 4.78. The highest BCUT2D eigenvalue weighted by Crippen LogP contribution is 2.33. The summed E-state index contributed by atoms with van der Waals surface area (Å²) in [5.74, 6) is 0.848. The predicted molar refractivity (Wildman–Crippen MR) is 152 cm³/mol. The average molecular weight is 542 g/mol. The number of unbranched alkanes of at least 4 members (excludes halogenated alkanes) is 11. The molecule has 0 amide bonds. The molecule has 0 heterocycles. The third-order valence-electron chi connectivity index (χ3n) is 6.22. The zero-order chi connectivity index (χ0) is 27.0. The summed E-state index contributed by atoms with van der Waals surface area (Å²) >= 11 is 0. The van der Waals surface area contributed by atoms with E-state index < -0.39 is 14.7 Å². The molecule has 2 unspecified atom stereocenters. The summed E-state index contributed by atoms with van der Waals surface area (Å²) < 4.78 is 21.7. The fraction of sp³-hybridized carbons (Fsp3) is 0.759. The van der Waals surface area contributed by atoms with Crippen molar-refractivity contribution >= 4 is 15.1 Å². The van der Waals surface area contributed by atoms with Gasteiger partial charge in [-0.2, -0.15) is 0 Å². The molecule has 0 aliphatic heterocycles. The summed E-state index contributed by atoms with van der Waals surface area (Å²) in [5.41, 5.74) is 1.00. The van der Waals surface area contributed by atoms with E-state index in [-0.39, 0.29) is 6.61 Å². The Morgan fingerprint density at radius 3 is 2.00 bits per heavy atom. The molecule has 0 spiro atoms. The molecule has 214 valence electrons. The third-order valence-corrected chi connectivity index (χ3v) is 7.00. The van der Waals surface area contributed by atoms with Gasteiger partial charge >= 0.3 is 8.60 Å². The lowest BCUT2D eigenvalue weighted by Gasteiger charge is -2.18. The van der Waals surface area contributed by atoms with E-state index in [0.717, 1.165) is 37.3 Å². The average Bonchev–Trinajstić information content (AvgIpc) is 2.89. The van der Waals surface area contributed by atoms with E-state index in [9.17, 15) is 9.69 Å². The lowest BCUT2D eigenvalue weighted by atomic mass is 10.1. The fourth-order valence-electron chi connectivity index (χ4n) is 4.05. The van der Waals surface area contributed by atoms with Crippen LogP contribution >= 0.6 is 8.60 Å². The maximum Gasteiger partial charge on any atom is 0.329 e. The van der Waals surface area contributed by atoms with E-state index >= 15 is 0 Å². The first kappa shape index (κ1) is 33.8. The van der Waals surface area contributed by atoms with Gasteiger partial charge in [-0.05, 0) is 51.2 Å². The number of rotatable bonds is 26. The normalized spacial score (nSPS) is 13.0. The molecule has 37 heavy (non-hydrogen) atoms. The van der Waals surface area contributed by atoms with Crippen molar-refractivity contribution < 1.29 is 28.2 Å². The molecule has 0 radical (unpaired) electrons. The first-order chi connectivity index (χ1) is 18.0. The molecule has 1 N–H and O–H groups in total. The maximum atomic E-state index is 10.9. The lowest BCUT2D eigenvalue weighted by Crippen LogP contribution is -2.21. The predicted octanol–water partition coefficient (Wildman–Crippen LogP) is 7.05. The minimum atomic E-state index is -1.99. The summed E-state index contributed by atoms with van der Waals surface area (Å²) in [4.78, 5) is 22.8. The number of hydrogen-bond acceptors (Lipinski definition) is 7. The van der Waals surface area contributed by atoms with Gasteiger partial charge < -0.3 is 28.3 Å². The number of ether oxygens (including phenoxy) is 2. The molecule has 0 saturated heterocycles. The van der Waals surface area contributed by atoms with Gasteiger partial charge in [0.15, 0.2) is 0 Å². The van der Waals surface area contributed by atoms with Crippen LogP contribution in [0.2, 0.25) is 0 Å². The van der Waals surface area contributed by atoms with Crippen molar-refractivity contribution in [3.8, 4) is 5.75 Å². The van der Waals surface area contributed by atoms with Crippen LogP contribution in [0.4, 0.5) is 0 Å². The number of benzene rings is 1. The first-order valence-corrected chi connectivity index (χ1v) is 15.4. The summed E-state index contributed by atoms with van der Waals surface area (Å²) in [6.07, 6.45) is 16.8. The molecule has 8 heteroatoms. The molecule has 2 atom stereocenters. The van der Waals surface area contributed by atoms with Crippen molar-refractivity contribution in [2.75, 3.05) is 40.5 Å². The molecule has 1 aromatic carbocycles. The molecular formula is C29H52NO6P. The second kappa shape index (κ2) is 23.8. The zero-order valence-corrected chi connectivity index (χ0v) is 24.5. The number of carbonyl (C=O) groups is 1. The van der Waals surface area contributed by atoms with Gasteiger partial charge in [-0.15, -0.1) is 0 Å². The van der Waals surface area contributed by atoms with Crippen LogP contribution in [0.1, 0.15) is 96.0 Å². The van der Waals surface area contributed by atoms with Gasteiger partial charge in [-0.25, -0.2) is 0 Å². The Labute approximate surface area is 227 Å². The van der Waals surface area contributed by atoms with E-state index in [4.69, 9.17) is 18.5 Å². The SMILES string of the molecule is CCCCCCCCCCCCCCOc1ccc(CC(COP(O)OCCCN(C)C)OC=O)cc1. The Morgan fingerprint density at radius 2 is 1.43 bits per heavy atom. The van der Waals surface area contributed by atoms with E-state index in [1.54, 1.807) is 0 Å². The largest absolute Gasteiger partial charge is 0.494 e. The minimum absolute atomic E-state index is 0.0752. The summed E-state index contributed by atoms with van der Waals surface area (Å²) in [7, 11) is 1.98. The molecule has 1 aromatic rings. The molecule has 1 rings (SSSR count). The van der Waals surface area contributed by atoms with Gasteiger partial charge in [-0.1, -0.05) is 89.7 Å². The topological polar surface area (TPSA) is 77.5 Å². The van der Waals surface area contributed by atoms with Gasteiger partial charge in [0.05, 0.1) is 19.8 Å². The second-order valence-corrected chi connectivity index (χ2v) is 11.0. The maximum absolute atomic E-state index is 10.9.